The second kappa shape index (κ2) is 7.96. The van der Waals surface area contributed by atoms with Crippen molar-refractivity contribution >= 4 is 11.6 Å². The Morgan fingerprint density at radius 1 is 0.964 bits per heavy atom. The molecule has 0 atom stereocenters. The average molecular weight is 379 g/mol. The summed E-state index contributed by atoms with van der Waals surface area (Å²) in [6, 6.07) is 12.6. The highest BCUT2D eigenvalue weighted by Gasteiger charge is 2.13. The number of benzene rings is 2. The predicted octanol–water partition coefficient (Wildman–Crippen LogP) is 2.26. The molecular weight excluding hydrogens is 358 g/mol. The minimum atomic E-state index is -0.787. The molecule has 0 saturated heterocycles. The summed E-state index contributed by atoms with van der Waals surface area (Å²) in [6.07, 6.45) is 2.87. The third-order valence-corrected chi connectivity index (χ3v) is 4.46. The summed E-state index contributed by atoms with van der Waals surface area (Å²) in [5, 5.41) is 2.81. The predicted molar refractivity (Wildman–Crippen MR) is 107 cm³/mol. The fourth-order valence-corrected chi connectivity index (χ4v) is 3.00. The first kappa shape index (κ1) is 19.2. The van der Waals surface area contributed by atoms with Crippen molar-refractivity contribution in [3.63, 3.8) is 0 Å². The summed E-state index contributed by atoms with van der Waals surface area (Å²) >= 11 is 0. The van der Waals surface area contributed by atoms with Gasteiger partial charge in [0.2, 0.25) is 5.91 Å². The Balaban J connectivity index is 1.89. The third-order valence-electron chi connectivity index (χ3n) is 4.46. The Labute approximate surface area is 161 Å². The first-order valence-corrected chi connectivity index (χ1v) is 8.74. The second-order valence-electron chi connectivity index (χ2n) is 6.39. The highest BCUT2D eigenvalue weighted by atomic mass is 16.5. The summed E-state index contributed by atoms with van der Waals surface area (Å²) < 4.78 is 7.55. The summed E-state index contributed by atoms with van der Waals surface area (Å²) in [5.74, 6) is 0.0865. The van der Waals surface area contributed by atoms with E-state index in [0.717, 1.165) is 15.7 Å². The van der Waals surface area contributed by atoms with Crippen LogP contribution in [-0.4, -0.2) is 22.2 Å². The zero-order valence-corrected chi connectivity index (χ0v) is 15.9. The van der Waals surface area contributed by atoms with E-state index in [2.05, 4.69) is 5.32 Å². The summed E-state index contributed by atoms with van der Waals surface area (Å²) in [7, 11) is 1.49. The molecule has 7 heteroatoms. The lowest BCUT2D eigenvalue weighted by molar-refractivity contribution is -0.116. The van der Waals surface area contributed by atoms with Crippen molar-refractivity contribution < 1.29 is 9.53 Å². The molecule has 3 rings (SSSR count). The molecule has 28 heavy (non-hydrogen) atoms. The molecule has 144 valence electrons. The van der Waals surface area contributed by atoms with Gasteiger partial charge in [-0.2, -0.15) is 0 Å². The number of carbonyl (C=O) groups excluding carboxylic acids is 1. The van der Waals surface area contributed by atoms with E-state index in [-0.39, 0.29) is 12.5 Å². The van der Waals surface area contributed by atoms with Crippen molar-refractivity contribution in [1.82, 2.24) is 9.13 Å². The van der Waals surface area contributed by atoms with Crippen LogP contribution in [0.25, 0.3) is 5.69 Å². The van der Waals surface area contributed by atoms with Crippen LogP contribution in [0.4, 0.5) is 5.69 Å². The number of rotatable bonds is 5. The highest BCUT2D eigenvalue weighted by Crippen LogP contribution is 2.20. The van der Waals surface area contributed by atoms with Crippen LogP contribution in [-0.2, 0) is 11.3 Å². The molecule has 1 heterocycles. The van der Waals surface area contributed by atoms with Gasteiger partial charge in [-0.25, -0.2) is 0 Å². The molecule has 0 fully saturated rings. The number of hydrogen-bond acceptors (Lipinski definition) is 4. The monoisotopic (exact) mass is 379 g/mol. The lowest BCUT2D eigenvalue weighted by Gasteiger charge is -2.13. The molecule has 0 aliphatic rings. The lowest BCUT2D eigenvalue weighted by Crippen LogP contribution is -2.41. The first-order chi connectivity index (χ1) is 13.4. The van der Waals surface area contributed by atoms with Crippen LogP contribution in [0.1, 0.15) is 11.1 Å². The minimum Gasteiger partial charge on any atom is -0.495 e. The molecule has 1 aromatic heterocycles. The molecule has 0 aliphatic carbocycles. The smallest absolute Gasteiger partial charge is 0.321 e. The zero-order valence-electron chi connectivity index (χ0n) is 15.9. The van der Waals surface area contributed by atoms with Crippen molar-refractivity contribution in [2.24, 2.45) is 0 Å². The summed E-state index contributed by atoms with van der Waals surface area (Å²) in [4.78, 5) is 37.4. The van der Waals surface area contributed by atoms with Crippen LogP contribution in [0.3, 0.4) is 0 Å². The van der Waals surface area contributed by atoms with Gasteiger partial charge in [0.05, 0.1) is 12.8 Å². The van der Waals surface area contributed by atoms with E-state index in [0.29, 0.717) is 17.1 Å². The Hall–Kier alpha value is -3.61. The van der Waals surface area contributed by atoms with Crippen molar-refractivity contribution in [3.05, 3.63) is 86.7 Å². The van der Waals surface area contributed by atoms with E-state index >= 15 is 0 Å². The number of hydrogen-bond donors (Lipinski definition) is 1. The maximum absolute atomic E-state index is 12.5. The number of anilines is 1. The quantitative estimate of drug-likeness (QED) is 0.690. The molecule has 1 N–H and O–H groups in total. The number of nitrogens with one attached hydrogen (secondary N) is 1. The van der Waals surface area contributed by atoms with Crippen molar-refractivity contribution in [2.45, 2.75) is 20.4 Å². The van der Waals surface area contributed by atoms with E-state index in [4.69, 9.17) is 4.74 Å². The van der Waals surface area contributed by atoms with Gasteiger partial charge < -0.3 is 10.1 Å². The van der Waals surface area contributed by atoms with E-state index in [1.807, 2.05) is 32.0 Å². The molecule has 0 spiro atoms. The van der Waals surface area contributed by atoms with Crippen LogP contribution >= 0.6 is 0 Å². The maximum Gasteiger partial charge on any atom is 0.321 e. The number of ether oxygens (including phenoxy) is 1. The molecule has 0 radical (unpaired) electrons. The fourth-order valence-electron chi connectivity index (χ4n) is 3.00. The van der Waals surface area contributed by atoms with Crippen LogP contribution in [0.2, 0.25) is 0 Å². The Morgan fingerprint density at radius 3 is 2.32 bits per heavy atom. The normalized spacial score (nSPS) is 10.5. The van der Waals surface area contributed by atoms with Gasteiger partial charge in [-0.1, -0.05) is 30.3 Å². The minimum absolute atomic E-state index is 0.255. The Bertz CT molecular complexity index is 1120. The second-order valence-corrected chi connectivity index (χ2v) is 6.39. The van der Waals surface area contributed by atoms with E-state index in [1.165, 1.54) is 24.1 Å². The molecule has 2 aromatic carbocycles. The average Bonchev–Trinajstić information content (AvgIpc) is 2.69. The van der Waals surface area contributed by atoms with Crippen LogP contribution < -0.4 is 21.2 Å². The van der Waals surface area contributed by atoms with Crippen molar-refractivity contribution in [3.8, 4) is 11.4 Å². The van der Waals surface area contributed by atoms with E-state index in [1.54, 1.807) is 24.3 Å². The van der Waals surface area contributed by atoms with Gasteiger partial charge in [0, 0.05) is 18.1 Å². The molecule has 0 unspecified atom stereocenters. The number of carbonyl (C=O) groups is 1. The summed E-state index contributed by atoms with van der Waals surface area (Å²) in [6.45, 7) is 3.53. The van der Waals surface area contributed by atoms with Gasteiger partial charge in [0.1, 0.15) is 12.3 Å². The number of nitrogens with zero attached hydrogens (tertiary/aromatic N) is 2. The lowest BCUT2D eigenvalue weighted by atomic mass is 10.1. The molecule has 3 aromatic rings. The highest BCUT2D eigenvalue weighted by molar-refractivity contribution is 5.92. The number of methoxy groups -OCH3 is 1. The van der Waals surface area contributed by atoms with Gasteiger partial charge in [0.15, 0.2) is 0 Å². The van der Waals surface area contributed by atoms with Crippen molar-refractivity contribution in [1.29, 1.82) is 0 Å². The maximum atomic E-state index is 12.5. The number of para-hydroxylation sites is 3. The number of amides is 1. The third kappa shape index (κ3) is 3.73. The van der Waals surface area contributed by atoms with Gasteiger partial charge in [-0.05, 0) is 37.1 Å². The molecule has 0 saturated carbocycles. The standard InChI is InChI=1S/C21H21N3O4/c1-14-7-6-8-15(2)19(14)22-18(25)13-23-11-12-24(21(27)20(23)26)16-9-4-5-10-17(16)28-3/h4-12H,13H2,1-3H3,(H,22,25). The van der Waals surface area contributed by atoms with Crippen LogP contribution in [0.5, 0.6) is 5.75 Å². The fraction of sp³-hybridized carbons (Fsp3) is 0.190. The van der Waals surface area contributed by atoms with Crippen LogP contribution in [0.15, 0.2) is 64.4 Å². The SMILES string of the molecule is COc1ccccc1-n1ccn(CC(=O)Nc2c(C)cccc2C)c(=O)c1=O. The van der Waals surface area contributed by atoms with Gasteiger partial charge in [0.25, 0.3) is 0 Å². The number of aryl methyl sites for hydroxylation is 2. The molecule has 0 bridgehead atoms. The summed E-state index contributed by atoms with van der Waals surface area (Å²) in [5.41, 5.74) is 1.47. The van der Waals surface area contributed by atoms with E-state index in [9.17, 15) is 14.4 Å². The number of aromatic nitrogens is 2. The van der Waals surface area contributed by atoms with Crippen molar-refractivity contribution in [2.75, 3.05) is 12.4 Å². The molecule has 1 amide bonds. The van der Waals surface area contributed by atoms with E-state index < -0.39 is 11.1 Å². The van der Waals surface area contributed by atoms with Gasteiger partial charge in [-0.3, -0.25) is 23.5 Å². The first-order valence-electron chi connectivity index (χ1n) is 8.74. The molecule has 0 aliphatic heterocycles. The Kier molecular flexibility index (Phi) is 5.44. The van der Waals surface area contributed by atoms with Gasteiger partial charge >= 0.3 is 11.1 Å². The topological polar surface area (TPSA) is 82.3 Å². The largest absolute Gasteiger partial charge is 0.495 e. The molecule has 7 nitrogen and oxygen atoms in total. The zero-order chi connectivity index (χ0) is 20.3. The van der Waals surface area contributed by atoms with Gasteiger partial charge in [-0.15, -0.1) is 0 Å². The molecular formula is C21H21N3O4. The van der Waals surface area contributed by atoms with Crippen LogP contribution in [0, 0.1) is 13.8 Å². The Morgan fingerprint density at radius 2 is 1.64 bits per heavy atom.